The van der Waals surface area contributed by atoms with Crippen molar-refractivity contribution in [3.63, 3.8) is 0 Å². The van der Waals surface area contributed by atoms with Crippen molar-refractivity contribution in [3.8, 4) is 5.75 Å². The third-order valence-electron chi connectivity index (χ3n) is 8.14. The molecule has 12 heteroatoms. The fourth-order valence-corrected chi connectivity index (χ4v) is 6.94. The van der Waals surface area contributed by atoms with Gasteiger partial charge in [0.25, 0.3) is 5.91 Å². The average molecular weight is 693 g/mol. The summed E-state index contributed by atoms with van der Waals surface area (Å²) in [5.41, 5.74) is 2.71. The number of rotatable bonds is 5. The third-order valence-corrected chi connectivity index (χ3v) is 9.35. The van der Waals surface area contributed by atoms with E-state index in [-0.39, 0.29) is 30.2 Å². The van der Waals surface area contributed by atoms with Crippen LogP contribution in [0.3, 0.4) is 0 Å². The van der Waals surface area contributed by atoms with Crippen LogP contribution in [0.2, 0.25) is 0 Å². The van der Waals surface area contributed by atoms with Gasteiger partial charge in [0.2, 0.25) is 0 Å². The summed E-state index contributed by atoms with van der Waals surface area (Å²) >= 11 is 6.69. The van der Waals surface area contributed by atoms with E-state index in [4.69, 9.17) is 4.74 Å². The van der Waals surface area contributed by atoms with Gasteiger partial charge in [-0.1, -0.05) is 18.2 Å². The highest BCUT2D eigenvalue weighted by molar-refractivity contribution is 9.11. The van der Waals surface area contributed by atoms with E-state index in [0.29, 0.717) is 54.5 Å². The minimum absolute atomic E-state index is 0.0165. The second kappa shape index (κ2) is 13.0. The van der Waals surface area contributed by atoms with Crippen LogP contribution in [0.15, 0.2) is 45.3 Å². The van der Waals surface area contributed by atoms with Crippen LogP contribution in [-0.2, 0) is 22.4 Å². The number of ether oxygens (including phenoxy) is 1. The number of piperidine rings is 1. The van der Waals surface area contributed by atoms with E-state index < -0.39 is 12.2 Å². The van der Waals surface area contributed by atoms with Gasteiger partial charge in [-0.15, -0.1) is 0 Å². The van der Waals surface area contributed by atoms with Crippen molar-refractivity contribution in [3.05, 3.63) is 56.5 Å². The summed E-state index contributed by atoms with van der Waals surface area (Å²) in [6.07, 6.45) is 0.694. The fraction of sp³-hybridized carbons (Fsp3) is 0.483. The van der Waals surface area contributed by atoms with Crippen LogP contribution in [0.1, 0.15) is 24.0 Å². The van der Waals surface area contributed by atoms with E-state index in [9.17, 15) is 19.5 Å². The lowest BCUT2D eigenvalue weighted by atomic mass is 10.0. The Labute approximate surface area is 256 Å². The molecule has 2 aromatic rings. The van der Waals surface area contributed by atoms with Crippen LogP contribution in [0.4, 0.5) is 15.3 Å². The first-order valence-corrected chi connectivity index (χ1v) is 15.5. The smallest absolute Gasteiger partial charge is 0.410 e. The van der Waals surface area contributed by atoms with Gasteiger partial charge >= 0.3 is 12.1 Å². The molecule has 10 nitrogen and oxygen atoms in total. The van der Waals surface area contributed by atoms with Crippen molar-refractivity contribution in [1.82, 2.24) is 19.6 Å². The first kappa shape index (κ1) is 29.7. The summed E-state index contributed by atoms with van der Waals surface area (Å²) < 4.78 is 6.88. The number of carbonyl (C=O) groups excluding carboxylic acids is 3. The Balaban J connectivity index is 1.23. The van der Waals surface area contributed by atoms with Crippen molar-refractivity contribution >= 4 is 55.6 Å². The Hall–Kier alpha value is -2.83. The van der Waals surface area contributed by atoms with Crippen molar-refractivity contribution in [2.24, 2.45) is 0 Å². The number of aromatic hydroxyl groups is 1. The maximum atomic E-state index is 13.6. The van der Waals surface area contributed by atoms with Crippen molar-refractivity contribution < 1.29 is 24.2 Å². The Kier molecular flexibility index (Phi) is 9.40. The molecule has 0 saturated carbocycles. The highest BCUT2D eigenvalue weighted by Crippen LogP contribution is 2.34. The molecule has 2 N–H and O–H groups in total. The highest BCUT2D eigenvalue weighted by Gasteiger charge is 2.35. The molecule has 2 fully saturated rings. The molecule has 0 aliphatic carbocycles. The molecule has 220 valence electrons. The van der Waals surface area contributed by atoms with Gasteiger partial charge in [0.05, 0.1) is 8.95 Å². The number of carbonyl (C=O) groups is 3. The number of para-hydroxylation sites is 1. The number of halogens is 2. The first-order chi connectivity index (χ1) is 19.7. The Morgan fingerprint density at radius 1 is 1.00 bits per heavy atom. The lowest BCUT2D eigenvalue weighted by Crippen LogP contribution is -2.53. The molecular formula is C29H35Br2N5O5. The zero-order valence-corrected chi connectivity index (χ0v) is 26.2. The topological polar surface area (TPSA) is 106 Å². The van der Waals surface area contributed by atoms with E-state index in [2.05, 4.69) is 42.1 Å². The number of likely N-dealkylation sites (N-methyl/N-ethyl adjacent to an activating group) is 1. The van der Waals surface area contributed by atoms with Crippen LogP contribution < -0.4 is 5.32 Å². The fourth-order valence-electron chi connectivity index (χ4n) is 5.65. The molecule has 2 saturated heterocycles. The van der Waals surface area contributed by atoms with Gasteiger partial charge in [-0.25, -0.2) is 9.59 Å². The lowest BCUT2D eigenvalue weighted by Gasteiger charge is -2.38. The molecule has 3 aliphatic heterocycles. The number of piperazine rings is 1. The number of fused-ring (bicyclic) bond motifs is 1. The number of anilines is 1. The second-order valence-corrected chi connectivity index (χ2v) is 12.6. The molecule has 2 aromatic carbocycles. The zero-order chi connectivity index (χ0) is 29.1. The van der Waals surface area contributed by atoms with Crippen LogP contribution in [0.25, 0.3) is 0 Å². The van der Waals surface area contributed by atoms with Crippen molar-refractivity contribution in [1.29, 1.82) is 0 Å². The molecular weight excluding hydrogens is 658 g/mol. The molecule has 5 rings (SSSR count). The number of urea groups is 1. The third kappa shape index (κ3) is 6.98. The van der Waals surface area contributed by atoms with Crippen LogP contribution in [0, 0.1) is 0 Å². The molecule has 0 aromatic heterocycles. The number of likely N-dealkylation sites (tertiary alicyclic amines) is 1. The van der Waals surface area contributed by atoms with Crippen molar-refractivity contribution in [2.45, 2.75) is 37.8 Å². The van der Waals surface area contributed by atoms with E-state index >= 15 is 0 Å². The Bertz CT molecular complexity index is 1270. The number of nitrogens with one attached hydrogen (secondary N) is 1. The van der Waals surface area contributed by atoms with Gasteiger partial charge in [-0.3, -0.25) is 4.79 Å². The number of nitrogens with zero attached hydrogens (tertiary/aromatic N) is 4. The van der Waals surface area contributed by atoms with Crippen LogP contribution in [-0.4, -0.2) is 108 Å². The second-order valence-electron chi connectivity index (χ2n) is 10.9. The van der Waals surface area contributed by atoms with E-state index in [1.165, 1.54) is 0 Å². The van der Waals surface area contributed by atoms with Gasteiger partial charge in [0, 0.05) is 64.0 Å². The molecule has 0 unspecified atom stereocenters. The molecule has 3 heterocycles. The maximum absolute atomic E-state index is 13.6. The number of phenols is 1. The molecule has 0 radical (unpaired) electrons. The minimum atomic E-state index is -0.998. The van der Waals surface area contributed by atoms with Gasteiger partial charge in [-0.2, -0.15) is 0 Å². The number of benzene rings is 2. The Morgan fingerprint density at radius 2 is 1.66 bits per heavy atom. The van der Waals surface area contributed by atoms with Gasteiger partial charge in [-0.05, 0) is 87.5 Å². The summed E-state index contributed by atoms with van der Waals surface area (Å²) in [7, 11) is 2.02. The molecule has 0 spiro atoms. The zero-order valence-electron chi connectivity index (χ0n) is 23.0. The number of phenolic OH excluding ortho intramolecular Hbond substituents is 1. The standard InChI is InChI=1S/C29H35Br2N5O5/c1-33-12-14-34(15-13-33)27(38)25(18-19-16-22(30)26(37)23(31)17-19)41-29(40)35-9-7-21(8-10-35)36-11-6-20-4-2-3-5-24(20)32-28(36)39/h2-5,16-17,21,25,37H,6-15,18H2,1H3,(H,32,39)/t25-/m1/s1. The number of amides is 4. The molecule has 3 aliphatic rings. The van der Waals surface area contributed by atoms with Crippen LogP contribution in [0.5, 0.6) is 5.75 Å². The van der Waals surface area contributed by atoms with E-state index in [0.717, 1.165) is 36.3 Å². The lowest BCUT2D eigenvalue weighted by molar-refractivity contribution is -0.142. The number of hydrogen-bond donors (Lipinski definition) is 2. The quantitative estimate of drug-likeness (QED) is 0.485. The van der Waals surface area contributed by atoms with Crippen LogP contribution >= 0.6 is 31.9 Å². The monoisotopic (exact) mass is 691 g/mol. The van der Waals surface area contributed by atoms with E-state index in [1.54, 1.807) is 21.9 Å². The predicted molar refractivity (Wildman–Crippen MR) is 162 cm³/mol. The van der Waals surface area contributed by atoms with Gasteiger partial charge in [0.15, 0.2) is 6.10 Å². The van der Waals surface area contributed by atoms with Gasteiger partial charge < -0.3 is 34.8 Å². The highest BCUT2D eigenvalue weighted by atomic mass is 79.9. The Morgan fingerprint density at radius 3 is 2.34 bits per heavy atom. The number of hydrogen-bond acceptors (Lipinski definition) is 6. The first-order valence-electron chi connectivity index (χ1n) is 13.9. The molecule has 0 bridgehead atoms. The molecule has 4 amide bonds. The normalized spacial score (nSPS) is 19.3. The average Bonchev–Trinajstić information content (AvgIpc) is 3.13. The summed E-state index contributed by atoms with van der Waals surface area (Å²) in [6, 6.07) is 11.2. The predicted octanol–water partition coefficient (Wildman–Crippen LogP) is 4.29. The molecule has 1 atom stereocenters. The summed E-state index contributed by atoms with van der Waals surface area (Å²) in [5.74, 6) is -0.153. The molecule has 41 heavy (non-hydrogen) atoms. The summed E-state index contributed by atoms with van der Waals surface area (Å²) in [4.78, 5) is 47.3. The minimum Gasteiger partial charge on any atom is -0.506 e. The van der Waals surface area contributed by atoms with Crippen molar-refractivity contribution in [2.75, 3.05) is 58.2 Å². The van der Waals surface area contributed by atoms with E-state index in [1.807, 2.05) is 36.2 Å². The maximum Gasteiger partial charge on any atom is 0.410 e. The summed E-state index contributed by atoms with van der Waals surface area (Å²) in [5, 5.41) is 13.1. The largest absolute Gasteiger partial charge is 0.506 e. The SMILES string of the molecule is CN1CCN(C(=O)[C@@H](Cc2cc(Br)c(O)c(Br)c2)OC(=O)N2CCC(N3CCc4ccccc4NC3=O)CC2)CC1. The van der Waals surface area contributed by atoms with Gasteiger partial charge in [0.1, 0.15) is 5.75 Å². The summed E-state index contributed by atoms with van der Waals surface area (Å²) in [6.45, 7) is 4.14.